The Bertz CT molecular complexity index is 611. The summed E-state index contributed by atoms with van der Waals surface area (Å²) in [5, 5.41) is 7.59. The summed E-state index contributed by atoms with van der Waals surface area (Å²) in [7, 11) is 5.79. The minimum atomic E-state index is 0.0813. The van der Waals surface area contributed by atoms with Gasteiger partial charge < -0.3 is 20.0 Å². The second-order valence-electron chi connectivity index (χ2n) is 6.68. The van der Waals surface area contributed by atoms with E-state index in [0.717, 1.165) is 37.8 Å². The van der Waals surface area contributed by atoms with Gasteiger partial charge in [0.05, 0.1) is 11.9 Å². The Balaban J connectivity index is 1.54. The molecule has 24 heavy (non-hydrogen) atoms. The number of amides is 1. The monoisotopic (exact) mass is 333 g/mol. The Morgan fingerprint density at radius 3 is 2.79 bits per heavy atom. The van der Waals surface area contributed by atoms with Gasteiger partial charge in [-0.2, -0.15) is 5.10 Å². The lowest BCUT2D eigenvalue weighted by Crippen LogP contribution is -2.55. The van der Waals surface area contributed by atoms with Crippen molar-refractivity contribution in [3.8, 4) is 0 Å². The standard InChI is InChI=1S/C16H27N7O/c1-17-16(18-8-13-4-5-20(2)10-13)22-6-7-23(15(24)12-22)14-9-19-21(3)11-14/h9,11,13H,4-8,10,12H2,1-3H3,(H,17,18). The Labute approximate surface area is 143 Å². The van der Waals surface area contributed by atoms with Crippen LogP contribution in [0.25, 0.3) is 0 Å². The largest absolute Gasteiger partial charge is 0.356 e. The molecule has 1 unspecified atom stereocenters. The fourth-order valence-corrected chi connectivity index (χ4v) is 3.44. The van der Waals surface area contributed by atoms with E-state index in [1.54, 1.807) is 22.8 Å². The quantitative estimate of drug-likeness (QED) is 0.602. The van der Waals surface area contributed by atoms with Crippen molar-refractivity contribution in [1.29, 1.82) is 0 Å². The highest BCUT2D eigenvalue weighted by atomic mass is 16.2. The Kier molecular flexibility index (Phi) is 5.03. The van der Waals surface area contributed by atoms with Crippen molar-refractivity contribution in [1.82, 2.24) is 24.9 Å². The van der Waals surface area contributed by atoms with Crippen molar-refractivity contribution in [2.24, 2.45) is 18.0 Å². The lowest BCUT2D eigenvalue weighted by atomic mass is 10.1. The molecule has 1 atom stereocenters. The number of hydrogen-bond donors (Lipinski definition) is 1. The van der Waals surface area contributed by atoms with Gasteiger partial charge in [0.1, 0.15) is 6.54 Å². The van der Waals surface area contributed by atoms with Crippen LogP contribution in [0.15, 0.2) is 17.4 Å². The van der Waals surface area contributed by atoms with Crippen LogP contribution in [-0.4, -0.2) is 84.8 Å². The van der Waals surface area contributed by atoms with E-state index < -0.39 is 0 Å². The van der Waals surface area contributed by atoms with Gasteiger partial charge in [-0.05, 0) is 25.9 Å². The van der Waals surface area contributed by atoms with Gasteiger partial charge in [-0.1, -0.05) is 0 Å². The number of rotatable bonds is 3. The van der Waals surface area contributed by atoms with Crippen LogP contribution in [0.5, 0.6) is 0 Å². The van der Waals surface area contributed by atoms with Crippen LogP contribution in [-0.2, 0) is 11.8 Å². The first-order valence-corrected chi connectivity index (χ1v) is 8.50. The van der Waals surface area contributed by atoms with Crippen molar-refractivity contribution in [3.05, 3.63) is 12.4 Å². The fourth-order valence-electron chi connectivity index (χ4n) is 3.44. The average molecular weight is 333 g/mol. The first-order valence-electron chi connectivity index (χ1n) is 8.50. The first-order chi connectivity index (χ1) is 11.6. The van der Waals surface area contributed by atoms with Gasteiger partial charge in [0.2, 0.25) is 5.91 Å². The fraction of sp³-hybridized carbons (Fsp3) is 0.688. The minimum absolute atomic E-state index is 0.0813. The molecule has 2 saturated heterocycles. The van der Waals surface area contributed by atoms with E-state index in [1.165, 1.54) is 6.42 Å². The average Bonchev–Trinajstić information content (AvgIpc) is 3.16. The number of likely N-dealkylation sites (tertiary alicyclic amines) is 1. The van der Waals surface area contributed by atoms with E-state index in [-0.39, 0.29) is 5.91 Å². The molecule has 0 aliphatic carbocycles. The molecule has 3 heterocycles. The van der Waals surface area contributed by atoms with Crippen molar-refractivity contribution in [3.63, 3.8) is 0 Å². The zero-order valence-corrected chi connectivity index (χ0v) is 14.8. The number of aliphatic imine (C=N–C) groups is 1. The molecule has 8 heteroatoms. The van der Waals surface area contributed by atoms with Crippen LogP contribution in [0.1, 0.15) is 6.42 Å². The van der Waals surface area contributed by atoms with Gasteiger partial charge in [-0.3, -0.25) is 14.5 Å². The molecule has 0 saturated carbocycles. The maximum atomic E-state index is 12.5. The lowest BCUT2D eigenvalue weighted by molar-refractivity contribution is -0.120. The molecule has 8 nitrogen and oxygen atoms in total. The third kappa shape index (κ3) is 3.69. The summed E-state index contributed by atoms with van der Waals surface area (Å²) < 4.78 is 1.72. The predicted molar refractivity (Wildman–Crippen MR) is 94.1 cm³/mol. The lowest BCUT2D eigenvalue weighted by Gasteiger charge is -2.35. The molecule has 0 aromatic carbocycles. The number of carbonyl (C=O) groups is 1. The highest BCUT2D eigenvalue weighted by Gasteiger charge is 2.28. The van der Waals surface area contributed by atoms with Gasteiger partial charge in [0.25, 0.3) is 0 Å². The third-order valence-corrected chi connectivity index (χ3v) is 4.77. The molecule has 2 aliphatic heterocycles. The van der Waals surface area contributed by atoms with Gasteiger partial charge in [0.15, 0.2) is 5.96 Å². The Morgan fingerprint density at radius 1 is 1.38 bits per heavy atom. The van der Waals surface area contributed by atoms with Crippen molar-refractivity contribution in [2.75, 3.05) is 58.3 Å². The highest BCUT2D eigenvalue weighted by Crippen LogP contribution is 2.16. The molecule has 0 spiro atoms. The summed E-state index contributed by atoms with van der Waals surface area (Å²) in [6.45, 7) is 4.96. The Morgan fingerprint density at radius 2 is 2.21 bits per heavy atom. The Hall–Kier alpha value is -2.09. The van der Waals surface area contributed by atoms with Crippen LogP contribution in [0.4, 0.5) is 5.69 Å². The molecule has 2 fully saturated rings. The molecule has 1 aromatic heterocycles. The summed E-state index contributed by atoms with van der Waals surface area (Å²) in [4.78, 5) is 23.0. The molecule has 0 radical (unpaired) electrons. The minimum Gasteiger partial charge on any atom is -0.356 e. The first kappa shape index (κ1) is 16.8. The summed E-state index contributed by atoms with van der Waals surface area (Å²) in [5.41, 5.74) is 0.860. The third-order valence-electron chi connectivity index (χ3n) is 4.77. The van der Waals surface area contributed by atoms with Crippen LogP contribution in [0.3, 0.4) is 0 Å². The van der Waals surface area contributed by atoms with Crippen molar-refractivity contribution >= 4 is 17.6 Å². The molecule has 1 aromatic rings. The second kappa shape index (κ2) is 7.21. The number of anilines is 1. The number of aromatic nitrogens is 2. The number of nitrogens with one attached hydrogen (secondary N) is 1. The molecular formula is C16H27N7O. The predicted octanol–water partition coefficient (Wildman–Crippen LogP) is -0.404. The van der Waals surface area contributed by atoms with E-state index >= 15 is 0 Å². The van der Waals surface area contributed by atoms with Gasteiger partial charge in [-0.25, -0.2) is 0 Å². The van der Waals surface area contributed by atoms with E-state index in [9.17, 15) is 4.79 Å². The smallest absolute Gasteiger partial charge is 0.246 e. The SMILES string of the molecule is CN=C(NCC1CCN(C)C1)N1CCN(c2cnn(C)c2)C(=O)C1. The van der Waals surface area contributed by atoms with E-state index in [0.29, 0.717) is 19.0 Å². The van der Waals surface area contributed by atoms with Crippen LogP contribution in [0, 0.1) is 5.92 Å². The van der Waals surface area contributed by atoms with E-state index in [4.69, 9.17) is 0 Å². The number of carbonyl (C=O) groups excluding carboxylic acids is 1. The number of hydrogen-bond acceptors (Lipinski definition) is 4. The van der Waals surface area contributed by atoms with Crippen molar-refractivity contribution in [2.45, 2.75) is 6.42 Å². The molecule has 2 aliphatic rings. The number of nitrogens with zero attached hydrogens (tertiary/aromatic N) is 6. The van der Waals surface area contributed by atoms with E-state index in [2.05, 4.69) is 27.4 Å². The summed E-state index contributed by atoms with van der Waals surface area (Å²) in [6.07, 6.45) is 4.82. The second-order valence-corrected chi connectivity index (χ2v) is 6.68. The van der Waals surface area contributed by atoms with E-state index in [1.807, 2.05) is 18.1 Å². The maximum Gasteiger partial charge on any atom is 0.246 e. The van der Waals surface area contributed by atoms with Gasteiger partial charge in [0, 0.05) is 46.5 Å². The maximum absolute atomic E-state index is 12.5. The normalized spacial score (nSPS) is 23.2. The topological polar surface area (TPSA) is 69.0 Å². The van der Waals surface area contributed by atoms with Gasteiger partial charge in [-0.15, -0.1) is 0 Å². The molecule has 1 N–H and O–H groups in total. The zero-order valence-electron chi connectivity index (χ0n) is 14.8. The molecule has 0 bridgehead atoms. The molecular weight excluding hydrogens is 306 g/mol. The molecule has 1 amide bonds. The summed E-state index contributed by atoms with van der Waals surface area (Å²) >= 11 is 0. The molecule has 3 rings (SSSR count). The highest BCUT2D eigenvalue weighted by molar-refractivity contribution is 5.98. The summed E-state index contributed by atoms with van der Waals surface area (Å²) in [5.74, 6) is 1.56. The zero-order chi connectivity index (χ0) is 17.1. The van der Waals surface area contributed by atoms with Crippen LogP contribution < -0.4 is 10.2 Å². The number of piperazine rings is 1. The molecule has 132 valence electrons. The van der Waals surface area contributed by atoms with Gasteiger partial charge >= 0.3 is 0 Å². The number of guanidine groups is 1. The number of aryl methyl sites for hydroxylation is 1. The van der Waals surface area contributed by atoms with Crippen molar-refractivity contribution < 1.29 is 4.79 Å². The summed E-state index contributed by atoms with van der Waals surface area (Å²) in [6, 6.07) is 0. The van der Waals surface area contributed by atoms with Crippen LogP contribution >= 0.6 is 0 Å². The van der Waals surface area contributed by atoms with Crippen LogP contribution in [0.2, 0.25) is 0 Å².